The highest BCUT2D eigenvalue weighted by Gasteiger charge is 2.30. The molecule has 2 aliphatic heterocycles. The van der Waals surface area contributed by atoms with Crippen LogP contribution in [0.1, 0.15) is 24.1 Å². The highest BCUT2D eigenvalue weighted by atomic mass is 35.5. The van der Waals surface area contributed by atoms with Gasteiger partial charge in [-0.15, -0.1) is 0 Å². The molecular formula is C15H15ClN2O. The Kier molecular flexibility index (Phi) is 2.41. The van der Waals surface area contributed by atoms with E-state index in [-0.39, 0.29) is 6.23 Å². The molecule has 1 atom stereocenters. The molecule has 0 radical (unpaired) electrons. The van der Waals surface area contributed by atoms with Gasteiger partial charge in [0, 0.05) is 22.5 Å². The van der Waals surface area contributed by atoms with Crippen LogP contribution in [0.4, 0.5) is 0 Å². The Balaban J connectivity index is 1.95. The van der Waals surface area contributed by atoms with Crippen molar-refractivity contribution in [1.29, 1.82) is 0 Å². The summed E-state index contributed by atoms with van der Waals surface area (Å²) in [5.41, 5.74) is 4.75. The van der Waals surface area contributed by atoms with E-state index in [1.165, 1.54) is 10.9 Å². The largest absolute Gasteiger partial charge is 0.374 e. The maximum absolute atomic E-state index is 10.1. The van der Waals surface area contributed by atoms with Crippen molar-refractivity contribution >= 4 is 28.2 Å². The van der Waals surface area contributed by atoms with Crippen LogP contribution in [-0.4, -0.2) is 27.8 Å². The van der Waals surface area contributed by atoms with Gasteiger partial charge in [-0.2, -0.15) is 0 Å². The highest BCUT2D eigenvalue weighted by molar-refractivity contribution is 6.31. The summed E-state index contributed by atoms with van der Waals surface area (Å²) >= 11 is 6.10. The fraction of sp³-hybridized carbons (Fsp3) is 0.333. The number of benzene rings is 1. The van der Waals surface area contributed by atoms with E-state index in [1.54, 1.807) is 0 Å². The molecule has 3 nitrogen and oxygen atoms in total. The average molecular weight is 275 g/mol. The molecule has 0 saturated carbocycles. The Bertz CT molecular complexity index is 689. The van der Waals surface area contributed by atoms with Crippen molar-refractivity contribution in [3.63, 3.8) is 0 Å². The summed E-state index contributed by atoms with van der Waals surface area (Å²) in [6.45, 7) is 0.874. The zero-order valence-electron chi connectivity index (χ0n) is 10.5. The van der Waals surface area contributed by atoms with Crippen molar-refractivity contribution < 1.29 is 5.11 Å². The molecule has 98 valence electrons. The van der Waals surface area contributed by atoms with Crippen LogP contribution < -0.4 is 0 Å². The number of nitrogens with one attached hydrogen (secondary N) is 1. The van der Waals surface area contributed by atoms with Crippen LogP contribution in [0.25, 0.3) is 16.6 Å². The Morgan fingerprint density at radius 3 is 3.16 bits per heavy atom. The van der Waals surface area contributed by atoms with Gasteiger partial charge in [0.1, 0.15) is 6.23 Å². The third-order valence-corrected chi connectivity index (χ3v) is 4.39. The normalized spacial score (nSPS) is 22.1. The Hall–Kier alpha value is -1.45. The summed E-state index contributed by atoms with van der Waals surface area (Å²) in [4.78, 5) is 5.58. The molecule has 0 aliphatic carbocycles. The molecule has 19 heavy (non-hydrogen) atoms. The molecule has 0 amide bonds. The predicted octanol–water partition coefficient (Wildman–Crippen LogP) is 3.13. The minimum atomic E-state index is -0.344. The quantitative estimate of drug-likeness (QED) is 0.775. The number of halogens is 1. The third-order valence-electron chi connectivity index (χ3n) is 4.16. The highest BCUT2D eigenvalue weighted by Crippen LogP contribution is 2.38. The molecule has 0 saturated heterocycles. The number of aliphatic hydroxyl groups excluding tert-OH is 1. The molecule has 1 aromatic heterocycles. The number of aromatic nitrogens is 1. The van der Waals surface area contributed by atoms with Crippen molar-refractivity contribution in [3.05, 3.63) is 40.6 Å². The standard InChI is InChI=1S/C15H15ClN2O/c16-9-4-5-12-11(8-9)10-6-7-18-13(15(10)17-12)2-1-3-14(18)19/h2,4-5,8,14,17,19H,1,3,6-7H2. The van der Waals surface area contributed by atoms with Gasteiger partial charge < -0.3 is 15.0 Å². The lowest BCUT2D eigenvalue weighted by molar-refractivity contribution is 0.0323. The smallest absolute Gasteiger partial charge is 0.127 e. The number of hydrogen-bond donors (Lipinski definition) is 2. The molecule has 1 aromatic carbocycles. The van der Waals surface area contributed by atoms with E-state index >= 15 is 0 Å². The second kappa shape index (κ2) is 4.02. The van der Waals surface area contributed by atoms with Crippen LogP contribution in [0.3, 0.4) is 0 Å². The van der Waals surface area contributed by atoms with Crippen molar-refractivity contribution in [1.82, 2.24) is 9.88 Å². The third kappa shape index (κ3) is 1.62. The van der Waals surface area contributed by atoms with E-state index in [9.17, 15) is 5.11 Å². The molecule has 3 heterocycles. The fourth-order valence-electron chi connectivity index (χ4n) is 3.25. The van der Waals surface area contributed by atoms with E-state index in [4.69, 9.17) is 11.6 Å². The van der Waals surface area contributed by atoms with Crippen LogP contribution in [-0.2, 0) is 6.42 Å². The van der Waals surface area contributed by atoms with Crippen molar-refractivity contribution in [2.24, 2.45) is 0 Å². The van der Waals surface area contributed by atoms with Crippen LogP contribution in [0.15, 0.2) is 24.3 Å². The van der Waals surface area contributed by atoms with Gasteiger partial charge in [-0.05, 0) is 43.0 Å². The number of nitrogens with zero attached hydrogens (tertiary/aromatic N) is 1. The number of aromatic amines is 1. The Morgan fingerprint density at radius 1 is 1.37 bits per heavy atom. The maximum Gasteiger partial charge on any atom is 0.127 e. The Morgan fingerprint density at radius 2 is 2.26 bits per heavy atom. The SMILES string of the molecule is OC1CCC=C2c3[nH]c4ccc(Cl)cc4c3CCN21. The number of allylic oxidation sites excluding steroid dienone is 1. The summed E-state index contributed by atoms with van der Waals surface area (Å²) in [5.74, 6) is 0. The first-order valence-corrected chi connectivity index (χ1v) is 7.07. The van der Waals surface area contributed by atoms with Gasteiger partial charge in [-0.25, -0.2) is 0 Å². The summed E-state index contributed by atoms with van der Waals surface area (Å²) in [5, 5.41) is 12.1. The topological polar surface area (TPSA) is 39.3 Å². The lowest BCUT2D eigenvalue weighted by Crippen LogP contribution is -2.40. The van der Waals surface area contributed by atoms with Gasteiger partial charge in [0.2, 0.25) is 0 Å². The van der Waals surface area contributed by atoms with Gasteiger partial charge in [-0.1, -0.05) is 17.7 Å². The first-order chi connectivity index (χ1) is 9.24. The van der Waals surface area contributed by atoms with Crippen molar-refractivity contribution in [3.8, 4) is 0 Å². The van der Waals surface area contributed by atoms with E-state index in [1.807, 2.05) is 18.2 Å². The van der Waals surface area contributed by atoms with Gasteiger partial charge in [0.15, 0.2) is 0 Å². The van der Waals surface area contributed by atoms with Gasteiger partial charge in [0.25, 0.3) is 0 Å². The summed E-state index contributed by atoms with van der Waals surface area (Å²) in [6, 6.07) is 5.97. The molecule has 4 heteroatoms. The molecule has 0 bridgehead atoms. The summed E-state index contributed by atoms with van der Waals surface area (Å²) in [7, 11) is 0. The van der Waals surface area contributed by atoms with E-state index in [0.717, 1.165) is 47.7 Å². The van der Waals surface area contributed by atoms with Crippen LogP contribution in [0.5, 0.6) is 0 Å². The molecule has 2 aliphatic rings. The summed E-state index contributed by atoms with van der Waals surface area (Å²) < 4.78 is 0. The molecule has 2 N–H and O–H groups in total. The Labute approximate surface area is 116 Å². The second-order valence-electron chi connectivity index (χ2n) is 5.26. The van der Waals surface area contributed by atoms with Crippen molar-refractivity contribution in [2.75, 3.05) is 6.54 Å². The summed E-state index contributed by atoms with van der Waals surface area (Å²) in [6.07, 6.45) is 4.59. The monoisotopic (exact) mass is 274 g/mol. The predicted molar refractivity (Wildman–Crippen MR) is 76.9 cm³/mol. The number of fused-ring (bicyclic) bond motifs is 5. The average Bonchev–Trinajstić information content (AvgIpc) is 2.77. The minimum absolute atomic E-state index is 0.344. The fourth-order valence-corrected chi connectivity index (χ4v) is 3.42. The molecule has 0 spiro atoms. The first-order valence-electron chi connectivity index (χ1n) is 6.69. The second-order valence-corrected chi connectivity index (χ2v) is 5.70. The molecule has 4 rings (SSSR count). The first kappa shape index (κ1) is 11.4. The molecule has 1 unspecified atom stereocenters. The molecular weight excluding hydrogens is 260 g/mol. The van der Waals surface area contributed by atoms with Crippen LogP contribution >= 0.6 is 11.6 Å². The number of aliphatic hydroxyl groups is 1. The van der Waals surface area contributed by atoms with Crippen molar-refractivity contribution in [2.45, 2.75) is 25.5 Å². The van der Waals surface area contributed by atoms with Crippen LogP contribution in [0.2, 0.25) is 5.02 Å². The zero-order valence-corrected chi connectivity index (χ0v) is 11.2. The van der Waals surface area contributed by atoms with E-state index < -0.39 is 0 Å². The maximum atomic E-state index is 10.1. The lowest BCUT2D eigenvalue weighted by Gasteiger charge is -2.38. The molecule has 0 fully saturated rings. The number of rotatable bonds is 0. The minimum Gasteiger partial charge on any atom is -0.374 e. The van der Waals surface area contributed by atoms with Gasteiger partial charge >= 0.3 is 0 Å². The molecule has 2 aromatic rings. The number of hydrogen-bond acceptors (Lipinski definition) is 2. The van der Waals surface area contributed by atoms with Crippen LogP contribution in [0, 0.1) is 0 Å². The van der Waals surface area contributed by atoms with Gasteiger partial charge in [0.05, 0.1) is 11.4 Å². The lowest BCUT2D eigenvalue weighted by atomic mass is 9.97. The number of H-pyrrole nitrogens is 1. The van der Waals surface area contributed by atoms with E-state index in [0.29, 0.717) is 0 Å². The van der Waals surface area contributed by atoms with E-state index in [2.05, 4.69) is 16.0 Å². The zero-order chi connectivity index (χ0) is 13.0. The van der Waals surface area contributed by atoms with Gasteiger partial charge in [-0.3, -0.25) is 0 Å².